The summed E-state index contributed by atoms with van der Waals surface area (Å²) in [5.41, 5.74) is 5.41. The molecule has 0 amide bonds. The Kier molecular flexibility index (Phi) is 3.14. The molecule has 3 N–H and O–H groups in total. The molecule has 0 spiro atoms. The fraction of sp³-hybridized carbons (Fsp3) is 0.0909. The molecule has 0 saturated heterocycles. The van der Waals surface area contributed by atoms with Crippen molar-refractivity contribution < 1.29 is 0 Å². The van der Waals surface area contributed by atoms with Crippen LogP contribution in [0.3, 0.4) is 0 Å². The monoisotopic (exact) mass is 295 g/mol. The van der Waals surface area contributed by atoms with Gasteiger partial charge in [0.2, 0.25) is 0 Å². The van der Waals surface area contributed by atoms with Gasteiger partial charge in [0.1, 0.15) is 5.69 Å². The predicted octanol–water partition coefficient (Wildman–Crippen LogP) is 0.930. The Bertz CT molecular complexity index is 643. The molecular formula is C11H10BrN3O2. The normalized spacial score (nSPS) is 10.4. The van der Waals surface area contributed by atoms with E-state index in [1.807, 2.05) is 24.3 Å². The summed E-state index contributed by atoms with van der Waals surface area (Å²) in [6, 6.07) is 7.54. The first-order valence-electron chi connectivity index (χ1n) is 4.90. The number of hydrogen-bond acceptors (Lipinski definition) is 3. The predicted molar refractivity (Wildman–Crippen MR) is 69.0 cm³/mol. The topological polar surface area (TPSA) is 80.9 Å². The number of H-pyrrole nitrogens is 1. The number of nitrogen functional groups attached to an aromatic ring is 1. The highest BCUT2D eigenvalue weighted by atomic mass is 79.9. The lowest BCUT2D eigenvalue weighted by atomic mass is 10.2. The maximum Gasteiger partial charge on any atom is 0.328 e. The van der Waals surface area contributed by atoms with Gasteiger partial charge in [0.15, 0.2) is 0 Å². The van der Waals surface area contributed by atoms with Crippen LogP contribution < -0.4 is 17.0 Å². The lowest BCUT2D eigenvalue weighted by Gasteiger charge is -2.05. The summed E-state index contributed by atoms with van der Waals surface area (Å²) in [6.07, 6.45) is 1.35. The smallest absolute Gasteiger partial charge is 0.328 e. The van der Waals surface area contributed by atoms with Crippen LogP contribution in [0, 0.1) is 0 Å². The van der Waals surface area contributed by atoms with Crippen molar-refractivity contribution in [3.05, 3.63) is 61.3 Å². The molecule has 0 atom stereocenters. The maximum atomic E-state index is 11.5. The fourth-order valence-electron chi connectivity index (χ4n) is 1.43. The average molecular weight is 296 g/mol. The summed E-state index contributed by atoms with van der Waals surface area (Å²) in [6.45, 7) is 0.368. The molecule has 0 unspecified atom stereocenters. The first-order chi connectivity index (χ1) is 8.06. The summed E-state index contributed by atoms with van der Waals surface area (Å²) in [4.78, 5) is 24.8. The van der Waals surface area contributed by atoms with Crippen LogP contribution in [0.2, 0.25) is 0 Å². The molecule has 88 valence electrons. The van der Waals surface area contributed by atoms with Gasteiger partial charge >= 0.3 is 5.69 Å². The third kappa shape index (κ3) is 2.65. The van der Waals surface area contributed by atoms with E-state index in [1.54, 1.807) is 0 Å². The second-order valence-electron chi connectivity index (χ2n) is 3.60. The summed E-state index contributed by atoms with van der Waals surface area (Å²) < 4.78 is 2.33. The molecule has 0 saturated carbocycles. The van der Waals surface area contributed by atoms with Crippen LogP contribution in [-0.2, 0) is 6.54 Å². The zero-order valence-corrected chi connectivity index (χ0v) is 10.4. The molecule has 0 fully saturated rings. The lowest BCUT2D eigenvalue weighted by molar-refractivity contribution is 0.723. The van der Waals surface area contributed by atoms with Gasteiger partial charge in [0.05, 0.1) is 6.54 Å². The van der Waals surface area contributed by atoms with Crippen LogP contribution in [0.4, 0.5) is 5.69 Å². The largest absolute Gasteiger partial charge is 0.393 e. The number of nitrogens with one attached hydrogen (secondary N) is 1. The first kappa shape index (κ1) is 11.7. The Morgan fingerprint density at radius 2 is 1.88 bits per heavy atom. The summed E-state index contributed by atoms with van der Waals surface area (Å²) in [7, 11) is 0. The number of nitrogens with two attached hydrogens (primary N) is 1. The van der Waals surface area contributed by atoms with Gasteiger partial charge in [-0.25, -0.2) is 4.79 Å². The van der Waals surface area contributed by atoms with Gasteiger partial charge in [0.25, 0.3) is 5.56 Å². The molecule has 1 aromatic carbocycles. The zero-order valence-electron chi connectivity index (χ0n) is 8.81. The van der Waals surface area contributed by atoms with Gasteiger partial charge in [-0.15, -0.1) is 0 Å². The number of halogens is 1. The zero-order chi connectivity index (χ0) is 12.4. The highest BCUT2D eigenvalue weighted by Crippen LogP contribution is 2.10. The molecule has 1 heterocycles. The van der Waals surface area contributed by atoms with Crippen molar-refractivity contribution in [2.24, 2.45) is 0 Å². The van der Waals surface area contributed by atoms with Gasteiger partial charge in [-0.3, -0.25) is 14.3 Å². The summed E-state index contributed by atoms with van der Waals surface area (Å²) >= 11 is 3.33. The molecule has 0 radical (unpaired) electrons. The summed E-state index contributed by atoms with van der Waals surface area (Å²) in [5, 5.41) is 0. The van der Waals surface area contributed by atoms with Crippen molar-refractivity contribution in [1.29, 1.82) is 0 Å². The van der Waals surface area contributed by atoms with E-state index >= 15 is 0 Å². The summed E-state index contributed by atoms with van der Waals surface area (Å²) in [5.74, 6) is 0. The second-order valence-corrected chi connectivity index (χ2v) is 4.51. The van der Waals surface area contributed by atoms with E-state index in [2.05, 4.69) is 20.9 Å². The Morgan fingerprint density at radius 3 is 2.53 bits per heavy atom. The van der Waals surface area contributed by atoms with Crippen molar-refractivity contribution in [3.63, 3.8) is 0 Å². The highest BCUT2D eigenvalue weighted by molar-refractivity contribution is 9.10. The first-order valence-corrected chi connectivity index (χ1v) is 5.69. The Labute approximate surface area is 105 Å². The third-order valence-corrected chi connectivity index (χ3v) is 2.83. The molecule has 1 aromatic heterocycles. The van der Waals surface area contributed by atoms with Crippen LogP contribution in [0.25, 0.3) is 0 Å². The molecular weight excluding hydrogens is 286 g/mol. The van der Waals surface area contributed by atoms with Gasteiger partial charge in [-0.2, -0.15) is 0 Å². The van der Waals surface area contributed by atoms with Gasteiger partial charge in [0, 0.05) is 10.7 Å². The number of anilines is 1. The van der Waals surface area contributed by atoms with E-state index in [0.717, 1.165) is 10.0 Å². The van der Waals surface area contributed by atoms with Crippen LogP contribution in [0.15, 0.2) is 44.5 Å². The van der Waals surface area contributed by atoms with E-state index < -0.39 is 11.2 Å². The Hall–Kier alpha value is -1.82. The third-order valence-electron chi connectivity index (χ3n) is 2.30. The maximum absolute atomic E-state index is 11.5. The molecule has 0 aliphatic rings. The average Bonchev–Trinajstić information content (AvgIpc) is 2.29. The van der Waals surface area contributed by atoms with Crippen molar-refractivity contribution >= 4 is 21.6 Å². The number of rotatable bonds is 2. The number of nitrogens with zero attached hydrogens (tertiary/aromatic N) is 1. The fourth-order valence-corrected chi connectivity index (χ4v) is 1.69. The minimum Gasteiger partial charge on any atom is -0.393 e. The highest BCUT2D eigenvalue weighted by Gasteiger charge is 2.02. The molecule has 2 aromatic rings. The van der Waals surface area contributed by atoms with Crippen molar-refractivity contribution in [1.82, 2.24) is 9.55 Å². The quantitative estimate of drug-likeness (QED) is 0.865. The van der Waals surface area contributed by atoms with E-state index in [9.17, 15) is 9.59 Å². The van der Waals surface area contributed by atoms with Gasteiger partial charge < -0.3 is 5.73 Å². The Morgan fingerprint density at radius 1 is 1.24 bits per heavy atom. The standard InChI is InChI=1S/C11H10BrN3O2/c12-8-3-1-7(2-4-8)5-15-6-9(13)10(16)14-11(15)17/h1-4,6H,5,13H2,(H,14,16,17). The SMILES string of the molecule is Nc1cn(Cc2ccc(Br)cc2)c(=O)[nH]c1=O. The van der Waals surface area contributed by atoms with Crippen LogP contribution in [0.1, 0.15) is 5.56 Å². The molecule has 0 aliphatic heterocycles. The minimum absolute atomic E-state index is 0.0294. The van der Waals surface area contributed by atoms with E-state index in [4.69, 9.17) is 5.73 Å². The van der Waals surface area contributed by atoms with Crippen molar-refractivity contribution in [2.45, 2.75) is 6.54 Å². The molecule has 0 bridgehead atoms. The number of benzene rings is 1. The molecule has 6 heteroatoms. The van der Waals surface area contributed by atoms with Crippen molar-refractivity contribution in [2.75, 3.05) is 5.73 Å². The van der Waals surface area contributed by atoms with Crippen molar-refractivity contribution in [3.8, 4) is 0 Å². The number of aromatic amines is 1. The van der Waals surface area contributed by atoms with Crippen LogP contribution >= 0.6 is 15.9 Å². The molecule has 2 rings (SSSR count). The number of aromatic nitrogens is 2. The van der Waals surface area contributed by atoms with Crippen LogP contribution in [0.5, 0.6) is 0 Å². The lowest BCUT2D eigenvalue weighted by Crippen LogP contribution is -2.31. The van der Waals surface area contributed by atoms with E-state index in [0.29, 0.717) is 6.54 Å². The minimum atomic E-state index is -0.554. The van der Waals surface area contributed by atoms with Gasteiger partial charge in [-0.1, -0.05) is 28.1 Å². The molecule has 5 nitrogen and oxygen atoms in total. The Balaban J connectivity index is 2.36. The van der Waals surface area contributed by atoms with Crippen LogP contribution in [-0.4, -0.2) is 9.55 Å². The number of hydrogen-bond donors (Lipinski definition) is 2. The van der Waals surface area contributed by atoms with E-state index in [-0.39, 0.29) is 5.69 Å². The second kappa shape index (κ2) is 4.58. The molecule has 17 heavy (non-hydrogen) atoms. The molecule has 0 aliphatic carbocycles. The van der Waals surface area contributed by atoms with Gasteiger partial charge in [-0.05, 0) is 17.7 Å². The van der Waals surface area contributed by atoms with E-state index in [1.165, 1.54) is 10.8 Å².